The first-order valence-electron chi connectivity index (χ1n) is 8.80. The molecule has 0 aromatic heterocycles. The number of rotatable bonds is 2. The average molecular weight is 338 g/mol. The van der Waals surface area contributed by atoms with E-state index in [9.17, 15) is 4.79 Å². The normalized spacial score (nSPS) is 18.0. The highest BCUT2D eigenvalue weighted by molar-refractivity contribution is 5.70. The second kappa shape index (κ2) is 7.28. The molecule has 2 aromatic carbocycles. The molecule has 1 atom stereocenters. The topological polar surface area (TPSA) is 41.6 Å². The molecule has 3 rings (SSSR count). The number of hydrogen-bond acceptors (Lipinski definition) is 3. The summed E-state index contributed by atoms with van der Waals surface area (Å²) in [7, 11) is 0. The van der Waals surface area contributed by atoms with E-state index in [4.69, 9.17) is 4.74 Å². The van der Waals surface area contributed by atoms with E-state index in [1.165, 1.54) is 16.7 Å². The van der Waals surface area contributed by atoms with Crippen LogP contribution in [-0.2, 0) is 4.74 Å². The van der Waals surface area contributed by atoms with Crippen LogP contribution in [0.5, 0.6) is 0 Å². The summed E-state index contributed by atoms with van der Waals surface area (Å²) in [5.41, 5.74) is 3.13. The van der Waals surface area contributed by atoms with Gasteiger partial charge in [-0.3, -0.25) is 0 Å². The number of benzene rings is 2. The molecule has 0 saturated carbocycles. The molecule has 0 spiro atoms. The third-order valence-corrected chi connectivity index (χ3v) is 4.25. The molecule has 1 aliphatic rings. The highest BCUT2D eigenvalue weighted by Crippen LogP contribution is 2.29. The Morgan fingerprint density at radius 2 is 1.76 bits per heavy atom. The summed E-state index contributed by atoms with van der Waals surface area (Å²) >= 11 is 0. The van der Waals surface area contributed by atoms with Crippen molar-refractivity contribution in [1.29, 1.82) is 0 Å². The Bertz CT molecular complexity index is 722. The Labute approximate surface area is 149 Å². The molecule has 1 saturated heterocycles. The van der Waals surface area contributed by atoms with Crippen molar-refractivity contribution in [2.24, 2.45) is 0 Å². The molecule has 1 heterocycles. The minimum atomic E-state index is -0.473. The summed E-state index contributed by atoms with van der Waals surface area (Å²) in [5.74, 6) is 0. The van der Waals surface area contributed by atoms with Crippen LogP contribution in [0.4, 0.5) is 4.79 Å². The molecule has 1 amide bonds. The first-order chi connectivity index (χ1) is 11.9. The Kier molecular flexibility index (Phi) is 5.09. The van der Waals surface area contributed by atoms with Gasteiger partial charge in [0.25, 0.3) is 0 Å². The Morgan fingerprint density at radius 1 is 1.08 bits per heavy atom. The van der Waals surface area contributed by atoms with Crippen LogP contribution in [-0.4, -0.2) is 36.2 Å². The number of carbonyl (C=O) groups excluding carboxylic acids is 1. The third kappa shape index (κ3) is 4.40. The minimum Gasteiger partial charge on any atom is -0.444 e. The predicted molar refractivity (Wildman–Crippen MR) is 100 cm³/mol. The molecular formula is C21H26N2O2. The van der Waals surface area contributed by atoms with Crippen LogP contribution in [0.25, 0.3) is 11.1 Å². The largest absolute Gasteiger partial charge is 0.444 e. The van der Waals surface area contributed by atoms with Gasteiger partial charge in [-0.05, 0) is 37.5 Å². The van der Waals surface area contributed by atoms with Gasteiger partial charge in [0.15, 0.2) is 0 Å². The fraction of sp³-hybridized carbons (Fsp3) is 0.381. The molecule has 25 heavy (non-hydrogen) atoms. The number of nitrogens with zero attached hydrogens (tertiary/aromatic N) is 1. The lowest BCUT2D eigenvalue weighted by Crippen LogP contribution is -2.49. The molecule has 0 bridgehead atoms. The van der Waals surface area contributed by atoms with E-state index in [-0.39, 0.29) is 12.1 Å². The van der Waals surface area contributed by atoms with Crippen molar-refractivity contribution < 1.29 is 9.53 Å². The molecule has 1 aliphatic heterocycles. The highest BCUT2D eigenvalue weighted by Gasteiger charge is 2.29. The van der Waals surface area contributed by atoms with Gasteiger partial charge < -0.3 is 15.0 Å². The van der Waals surface area contributed by atoms with Crippen LogP contribution >= 0.6 is 0 Å². The molecule has 0 radical (unpaired) electrons. The second-order valence-electron chi connectivity index (χ2n) is 7.39. The Balaban J connectivity index is 1.82. The van der Waals surface area contributed by atoms with Crippen molar-refractivity contribution in [3.63, 3.8) is 0 Å². The van der Waals surface area contributed by atoms with Gasteiger partial charge in [-0.15, -0.1) is 0 Å². The summed E-state index contributed by atoms with van der Waals surface area (Å²) in [4.78, 5) is 14.2. The standard InChI is InChI=1S/C21H26N2O2/c1-21(2,3)25-20(24)23-14-13-22-19(15-23)18-12-8-7-11-17(18)16-9-5-4-6-10-16/h4-12,19,22H,13-15H2,1-3H3/t19-/m1/s1. The lowest BCUT2D eigenvalue weighted by Gasteiger charge is -2.35. The van der Waals surface area contributed by atoms with Gasteiger partial charge in [0.05, 0.1) is 6.04 Å². The van der Waals surface area contributed by atoms with Crippen molar-refractivity contribution in [1.82, 2.24) is 10.2 Å². The van der Waals surface area contributed by atoms with Gasteiger partial charge in [-0.2, -0.15) is 0 Å². The Morgan fingerprint density at radius 3 is 2.48 bits per heavy atom. The Hall–Kier alpha value is -2.33. The number of piperazine rings is 1. The van der Waals surface area contributed by atoms with E-state index in [2.05, 4.69) is 41.7 Å². The quantitative estimate of drug-likeness (QED) is 0.891. The van der Waals surface area contributed by atoms with Crippen LogP contribution in [0.15, 0.2) is 54.6 Å². The SMILES string of the molecule is CC(C)(C)OC(=O)N1CCN[C@@H](c2ccccc2-c2ccccc2)C1. The summed E-state index contributed by atoms with van der Waals surface area (Å²) < 4.78 is 5.54. The summed E-state index contributed by atoms with van der Waals surface area (Å²) in [6, 6.07) is 18.8. The molecule has 1 fully saturated rings. The highest BCUT2D eigenvalue weighted by atomic mass is 16.6. The van der Waals surface area contributed by atoms with E-state index >= 15 is 0 Å². The lowest BCUT2D eigenvalue weighted by molar-refractivity contribution is 0.0195. The summed E-state index contributed by atoms with van der Waals surface area (Å²) in [6.07, 6.45) is -0.240. The van der Waals surface area contributed by atoms with Crippen LogP contribution in [0.1, 0.15) is 32.4 Å². The fourth-order valence-electron chi connectivity index (χ4n) is 3.13. The zero-order valence-electron chi connectivity index (χ0n) is 15.2. The van der Waals surface area contributed by atoms with Crippen molar-refractivity contribution in [3.05, 3.63) is 60.2 Å². The molecule has 0 aliphatic carbocycles. The number of nitrogens with one attached hydrogen (secondary N) is 1. The molecule has 2 aromatic rings. The molecular weight excluding hydrogens is 312 g/mol. The van der Waals surface area contributed by atoms with E-state index < -0.39 is 5.60 Å². The minimum absolute atomic E-state index is 0.0951. The molecule has 0 unspecified atom stereocenters. The maximum Gasteiger partial charge on any atom is 0.410 e. The van der Waals surface area contributed by atoms with Gasteiger partial charge in [0.2, 0.25) is 0 Å². The fourth-order valence-corrected chi connectivity index (χ4v) is 3.13. The number of hydrogen-bond donors (Lipinski definition) is 1. The smallest absolute Gasteiger partial charge is 0.410 e. The molecule has 4 heteroatoms. The van der Waals surface area contributed by atoms with Crippen LogP contribution < -0.4 is 5.32 Å². The van der Waals surface area contributed by atoms with Gasteiger partial charge in [0.1, 0.15) is 5.60 Å². The predicted octanol–water partition coefficient (Wildman–Crippen LogP) is 4.24. The van der Waals surface area contributed by atoms with Crippen LogP contribution in [0.3, 0.4) is 0 Å². The summed E-state index contributed by atoms with van der Waals surface area (Å²) in [6.45, 7) is 7.73. The van der Waals surface area contributed by atoms with Crippen LogP contribution in [0, 0.1) is 0 Å². The maximum atomic E-state index is 12.4. The van der Waals surface area contributed by atoms with E-state index in [1.54, 1.807) is 4.90 Å². The number of ether oxygens (including phenoxy) is 1. The zero-order valence-corrected chi connectivity index (χ0v) is 15.2. The van der Waals surface area contributed by atoms with Gasteiger partial charge in [-0.25, -0.2) is 4.79 Å². The van der Waals surface area contributed by atoms with E-state index in [0.29, 0.717) is 13.1 Å². The number of carbonyl (C=O) groups is 1. The molecule has 132 valence electrons. The van der Waals surface area contributed by atoms with Gasteiger partial charge in [0, 0.05) is 19.6 Å². The van der Waals surface area contributed by atoms with E-state index in [0.717, 1.165) is 6.54 Å². The van der Waals surface area contributed by atoms with Crippen LogP contribution in [0.2, 0.25) is 0 Å². The first kappa shape index (κ1) is 17.5. The lowest BCUT2D eigenvalue weighted by atomic mass is 9.94. The van der Waals surface area contributed by atoms with E-state index in [1.807, 2.05) is 39.0 Å². The zero-order chi connectivity index (χ0) is 17.9. The molecule has 4 nitrogen and oxygen atoms in total. The van der Waals surface area contributed by atoms with Crippen molar-refractivity contribution >= 4 is 6.09 Å². The third-order valence-electron chi connectivity index (χ3n) is 4.25. The second-order valence-corrected chi connectivity index (χ2v) is 7.39. The molecule has 1 N–H and O–H groups in total. The average Bonchev–Trinajstić information content (AvgIpc) is 2.61. The number of amides is 1. The van der Waals surface area contributed by atoms with Crippen molar-refractivity contribution in [2.75, 3.05) is 19.6 Å². The monoisotopic (exact) mass is 338 g/mol. The first-order valence-corrected chi connectivity index (χ1v) is 8.80. The summed E-state index contributed by atoms with van der Waals surface area (Å²) in [5, 5.41) is 3.54. The van der Waals surface area contributed by atoms with Gasteiger partial charge in [-0.1, -0.05) is 54.6 Å². The van der Waals surface area contributed by atoms with Crippen molar-refractivity contribution in [3.8, 4) is 11.1 Å². The maximum absolute atomic E-state index is 12.4. The van der Waals surface area contributed by atoms with Gasteiger partial charge >= 0.3 is 6.09 Å². The van der Waals surface area contributed by atoms with Crippen molar-refractivity contribution in [2.45, 2.75) is 32.4 Å².